The van der Waals surface area contributed by atoms with Crippen LogP contribution in [0, 0.1) is 23.7 Å². The van der Waals surface area contributed by atoms with Crippen molar-refractivity contribution in [2.75, 3.05) is 20.3 Å². The second-order valence-corrected chi connectivity index (χ2v) is 10.0. The topological polar surface area (TPSA) is 90.0 Å². The molecule has 1 aromatic rings. The predicted octanol–water partition coefficient (Wildman–Crippen LogP) is 2.59. The third-order valence-electron chi connectivity index (χ3n) is 6.39. The summed E-state index contributed by atoms with van der Waals surface area (Å²) < 4.78 is 10.1. The molecular formula is C21H21Br2NO6. The van der Waals surface area contributed by atoms with Crippen LogP contribution in [0.2, 0.25) is 0 Å². The Balaban J connectivity index is 1.28. The van der Waals surface area contributed by atoms with Crippen molar-refractivity contribution in [1.29, 1.82) is 0 Å². The van der Waals surface area contributed by atoms with Crippen molar-refractivity contribution >= 4 is 55.4 Å². The number of nitrogens with zero attached hydrogens (tertiary/aromatic N) is 1. The van der Waals surface area contributed by atoms with Crippen LogP contribution in [0.15, 0.2) is 24.3 Å². The number of halogens is 2. The summed E-state index contributed by atoms with van der Waals surface area (Å²) in [4.78, 5) is 51.4. The molecule has 3 aliphatic rings. The van der Waals surface area contributed by atoms with E-state index in [2.05, 4.69) is 31.9 Å². The zero-order chi connectivity index (χ0) is 21.6. The third kappa shape index (κ3) is 3.60. The number of methoxy groups -OCH3 is 1. The summed E-state index contributed by atoms with van der Waals surface area (Å²) in [6, 6.07) is 6.49. The van der Waals surface area contributed by atoms with E-state index in [0.717, 1.165) is 6.42 Å². The summed E-state index contributed by atoms with van der Waals surface area (Å²) in [6.45, 7) is -0.404. The van der Waals surface area contributed by atoms with Gasteiger partial charge in [0, 0.05) is 21.8 Å². The molecule has 3 fully saturated rings. The van der Waals surface area contributed by atoms with Gasteiger partial charge in [0.15, 0.2) is 12.4 Å². The number of esters is 1. The lowest BCUT2D eigenvalue weighted by atomic mass is 9.81. The van der Waals surface area contributed by atoms with Gasteiger partial charge < -0.3 is 9.47 Å². The average molecular weight is 543 g/mol. The highest BCUT2D eigenvalue weighted by molar-refractivity contribution is 9.12. The minimum absolute atomic E-state index is 0.0143. The lowest BCUT2D eigenvalue weighted by molar-refractivity contribution is -0.145. The standard InChI is InChI=1S/C21H21Br2NO6/c1-29-11-4-2-10(3-5-11)14(25)9-30-15(26)6-7-24-20(27)16-12-8-13(17(16)21(24)28)19(23)18(12)22/h2-5,12-13,16-19H,6-9H2,1H3/t12-,13+,16+,17-,18-,19-/m0/s1. The second kappa shape index (κ2) is 8.42. The number of carbonyl (C=O) groups is 4. The highest BCUT2D eigenvalue weighted by Crippen LogP contribution is 2.60. The van der Waals surface area contributed by atoms with Gasteiger partial charge in [-0.25, -0.2) is 0 Å². The van der Waals surface area contributed by atoms with E-state index in [1.54, 1.807) is 24.3 Å². The van der Waals surface area contributed by atoms with Crippen molar-refractivity contribution in [1.82, 2.24) is 4.90 Å². The molecule has 9 heteroatoms. The number of fused-ring (bicyclic) bond motifs is 5. The van der Waals surface area contributed by atoms with Gasteiger partial charge in [0.05, 0.1) is 25.4 Å². The summed E-state index contributed by atoms with van der Waals surface area (Å²) in [5, 5.41) is 0. The van der Waals surface area contributed by atoms with Crippen molar-refractivity contribution in [2.24, 2.45) is 23.7 Å². The molecule has 0 radical (unpaired) electrons. The van der Waals surface area contributed by atoms with E-state index < -0.39 is 5.97 Å². The fraction of sp³-hybridized carbons (Fsp3) is 0.524. The van der Waals surface area contributed by atoms with E-state index in [0.29, 0.717) is 11.3 Å². The molecule has 0 unspecified atom stereocenters. The summed E-state index contributed by atoms with van der Waals surface area (Å²) in [5.41, 5.74) is 0.408. The zero-order valence-electron chi connectivity index (χ0n) is 16.3. The number of hydrogen-bond donors (Lipinski definition) is 0. The first-order valence-electron chi connectivity index (χ1n) is 9.79. The Bertz CT molecular complexity index is 856. The molecule has 1 aliphatic heterocycles. The maximum atomic E-state index is 12.8. The number of imide groups is 1. The van der Waals surface area contributed by atoms with Crippen LogP contribution in [-0.2, 0) is 19.1 Å². The summed E-state index contributed by atoms with van der Waals surface area (Å²) in [7, 11) is 1.53. The van der Waals surface area contributed by atoms with Gasteiger partial charge >= 0.3 is 5.97 Å². The van der Waals surface area contributed by atoms with E-state index in [1.165, 1.54) is 12.0 Å². The molecule has 4 rings (SSSR count). The smallest absolute Gasteiger partial charge is 0.308 e. The first-order valence-corrected chi connectivity index (χ1v) is 11.6. The van der Waals surface area contributed by atoms with E-state index >= 15 is 0 Å². The van der Waals surface area contributed by atoms with E-state index in [1.807, 2.05) is 0 Å². The van der Waals surface area contributed by atoms with Gasteiger partial charge in [0.2, 0.25) is 11.8 Å². The second-order valence-electron chi connectivity index (χ2n) is 7.89. The van der Waals surface area contributed by atoms with Crippen molar-refractivity contribution in [3.8, 4) is 5.75 Å². The zero-order valence-corrected chi connectivity index (χ0v) is 19.4. The first-order chi connectivity index (χ1) is 14.3. The molecule has 1 saturated heterocycles. The predicted molar refractivity (Wildman–Crippen MR) is 114 cm³/mol. The van der Waals surface area contributed by atoms with Gasteiger partial charge in [-0.1, -0.05) is 31.9 Å². The highest BCUT2D eigenvalue weighted by Gasteiger charge is 2.66. The fourth-order valence-electron chi connectivity index (χ4n) is 4.91. The Kier molecular flexibility index (Phi) is 6.03. The van der Waals surface area contributed by atoms with Crippen molar-refractivity contribution in [3.63, 3.8) is 0 Å². The third-order valence-corrected chi connectivity index (χ3v) is 9.60. The van der Waals surface area contributed by atoms with Crippen LogP contribution in [-0.4, -0.2) is 58.4 Å². The molecule has 160 valence electrons. The minimum atomic E-state index is -0.616. The van der Waals surface area contributed by atoms with Crippen LogP contribution in [0.4, 0.5) is 0 Å². The van der Waals surface area contributed by atoms with Crippen LogP contribution >= 0.6 is 31.9 Å². The summed E-state index contributed by atoms with van der Waals surface area (Å²) in [5.74, 6) is -1.03. The van der Waals surface area contributed by atoms with Crippen LogP contribution in [0.25, 0.3) is 0 Å². The number of ether oxygens (including phenoxy) is 2. The van der Waals surface area contributed by atoms with Gasteiger partial charge in [0.1, 0.15) is 5.75 Å². The summed E-state index contributed by atoms with van der Waals surface area (Å²) in [6.07, 6.45) is 0.736. The van der Waals surface area contributed by atoms with Gasteiger partial charge in [0.25, 0.3) is 0 Å². The number of Topliss-reactive ketones (excluding diaryl/α,β-unsaturated/α-hetero) is 1. The molecule has 2 amide bonds. The van der Waals surface area contributed by atoms with Crippen molar-refractivity contribution in [3.05, 3.63) is 29.8 Å². The molecule has 0 aromatic heterocycles. The number of rotatable bonds is 7. The molecule has 2 saturated carbocycles. The quantitative estimate of drug-likeness (QED) is 0.228. The van der Waals surface area contributed by atoms with Gasteiger partial charge in [-0.05, 0) is 42.5 Å². The lowest BCUT2D eigenvalue weighted by Gasteiger charge is -2.28. The van der Waals surface area contributed by atoms with E-state index in [9.17, 15) is 19.2 Å². The average Bonchev–Trinajstić information content (AvgIpc) is 3.35. The molecule has 1 aromatic carbocycles. The number of amides is 2. The Labute approximate surface area is 190 Å². The first kappa shape index (κ1) is 21.5. The largest absolute Gasteiger partial charge is 0.497 e. The molecule has 2 aliphatic carbocycles. The van der Waals surface area contributed by atoms with E-state index in [4.69, 9.17) is 9.47 Å². The van der Waals surface area contributed by atoms with Crippen molar-refractivity contribution in [2.45, 2.75) is 22.5 Å². The Hall–Kier alpha value is -1.74. The van der Waals surface area contributed by atoms with Crippen LogP contribution in [0.3, 0.4) is 0 Å². The number of benzene rings is 1. The molecule has 6 atom stereocenters. The molecule has 0 N–H and O–H groups in total. The fourth-order valence-corrected chi connectivity index (χ4v) is 6.79. The lowest BCUT2D eigenvalue weighted by Crippen LogP contribution is -2.37. The monoisotopic (exact) mass is 541 g/mol. The SMILES string of the molecule is COc1ccc(C(=O)COC(=O)CCN2C(=O)[C@@H]3[C@@H]4C[C@@H]([C@H](Br)[C@H]4Br)[C@@H]3C2=O)cc1. The molecule has 0 spiro atoms. The normalized spacial score (nSPS) is 31.8. The number of alkyl halides is 2. The summed E-state index contributed by atoms with van der Waals surface area (Å²) >= 11 is 7.29. The molecule has 7 nitrogen and oxygen atoms in total. The molecule has 30 heavy (non-hydrogen) atoms. The Morgan fingerprint density at radius 1 is 1.03 bits per heavy atom. The van der Waals surface area contributed by atoms with Crippen molar-refractivity contribution < 1.29 is 28.7 Å². The highest BCUT2D eigenvalue weighted by atomic mass is 79.9. The maximum absolute atomic E-state index is 12.8. The van der Waals surface area contributed by atoms with Gasteiger partial charge in [-0.3, -0.25) is 24.1 Å². The van der Waals surface area contributed by atoms with Crippen LogP contribution in [0.1, 0.15) is 23.2 Å². The molecule has 2 bridgehead atoms. The number of hydrogen-bond acceptors (Lipinski definition) is 6. The number of likely N-dealkylation sites (tertiary alicyclic amines) is 1. The van der Waals surface area contributed by atoms with Crippen LogP contribution < -0.4 is 4.74 Å². The number of carbonyl (C=O) groups excluding carboxylic acids is 4. The van der Waals surface area contributed by atoms with Crippen LogP contribution in [0.5, 0.6) is 5.75 Å². The molecular weight excluding hydrogens is 522 g/mol. The number of ketones is 1. The van der Waals surface area contributed by atoms with Gasteiger partial charge in [-0.2, -0.15) is 0 Å². The minimum Gasteiger partial charge on any atom is -0.497 e. The molecule has 1 heterocycles. The Morgan fingerprint density at radius 2 is 1.60 bits per heavy atom. The Morgan fingerprint density at radius 3 is 2.13 bits per heavy atom. The van der Waals surface area contributed by atoms with E-state index in [-0.39, 0.29) is 70.5 Å². The van der Waals surface area contributed by atoms with Gasteiger partial charge in [-0.15, -0.1) is 0 Å². The maximum Gasteiger partial charge on any atom is 0.308 e.